The zero-order chi connectivity index (χ0) is 13.1. The predicted molar refractivity (Wildman–Crippen MR) is 62.5 cm³/mol. The van der Waals surface area contributed by atoms with Gasteiger partial charge in [0, 0.05) is 20.1 Å². The molecule has 1 atom stereocenters. The van der Waals surface area contributed by atoms with Crippen molar-refractivity contribution in [3.8, 4) is 0 Å². The monoisotopic (exact) mass is 253 g/mol. The van der Waals surface area contributed by atoms with Crippen LogP contribution in [0.15, 0.2) is 10.7 Å². The number of hydrogen-bond acceptors (Lipinski definition) is 5. The summed E-state index contributed by atoms with van der Waals surface area (Å²) < 4.78 is 5.13. The molecular formula is C11H15N3O4. The molecule has 1 fully saturated rings. The lowest BCUT2D eigenvalue weighted by Gasteiger charge is -2.30. The van der Waals surface area contributed by atoms with Crippen LogP contribution in [-0.4, -0.2) is 42.1 Å². The minimum absolute atomic E-state index is 0.00952. The molecule has 1 aromatic rings. The second-order valence-corrected chi connectivity index (χ2v) is 4.22. The SMILES string of the molecule is CNC(=O)C1CCCN(c2nc(C(=O)O)co2)C1. The first kappa shape index (κ1) is 12.4. The number of piperidine rings is 1. The summed E-state index contributed by atoms with van der Waals surface area (Å²) in [5.74, 6) is -1.24. The first-order chi connectivity index (χ1) is 8.61. The second kappa shape index (κ2) is 5.07. The van der Waals surface area contributed by atoms with Gasteiger partial charge in [0.1, 0.15) is 6.26 Å². The lowest BCUT2D eigenvalue weighted by atomic mass is 9.97. The van der Waals surface area contributed by atoms with Crippen LogP contribution < -0.4 is 10.2 Å². The molecule has 0 aliphatic carbocycles. The molecule has 0 spiro atoms. The van der Waals surface area contributed by atoms with Crippen LogP contribution in [0.25, 0.3) is 0 Å². The summed E-state index contributed by atoms with van der Waals surface area (Å²) in [6.45, 7) is 1.21. The number of carbonyl (C=O) groups excluding carboxylic acids is 1. The van der Waals surface area contributed by atoms with Crippen molar-refractivity contribution in [3.63, 3.8) is 0 Å². The van der Waals surface area contributed by atoms with E-state index >= 15 is 0 Å². The Bertz CT molecular complexity index is 457. The van der Waals surface area contributed by atoms with Gasteiger partial charge in [-0.2, -0.15) is 4.98 Å². The summed E-state index contributed by atoms with van der Waals surface area (Å²) in [4.78, 5) is 28.0. The Labute approximate surface area is 104 Å². The highest BCUT2D eigenvalue weighted by Crippen LogP contribution is 2.22. The summed E-state index contributed by atoms with van der Waals surface area (Å²) in [6.07, 6.45) is 2.78. The minimum Gasteiger partial charge on any atom is -0.476 e. The quantitative estimate of drug-likeness (QED) is 0.806. The van der Waals surface area contributed by atoms with Gasteiger partial charge in [-0.3, -0.25) is 4.79 Å². The second-order valence-electron chi connectivity index (χ2n) is 4.22. The minimum atomic E-state index is -1.12. The maximum Gasteiger partial charge on any atom is 0.357 e. The molecule has 1 saturated heterocycles. The highest BCUT2D eigenvalue weighted by atomic mass is 16.4. The van der Waals surface area contributed by atoms with E-state index in [0.29, 0.717) is 13.1 Å². The summed E-state index contributed by atoms with van der Waals surface area (Å²) in [7, 11) is 1.61. The summed E-state index contributed by atoms with van der Waals surface area (Å²) in [6, 6.07) is 0.265. The number of amides is 1. The number of nitrogens with one attached hydrogen (secondary N) is 1. The molecule has 18 heavy (non-hydrogen) atoms. The van der Waals surface area contributed by atoms with Gasteiger partial charge in [0.2, 0.25) is 5.91 Å². The fourth-order valence-electron chi connectivity index (χ4n) is 2.08. The third-order valence-corrected chi connectivity index (χ3v) is 3.02. The number of carboxylic acid groups (broad SMARTS) is 1. The van der Waals surface area contributed by atoms with E-state index in [1.807, 2.05) is 0 Å². The number of nitrogens with zero attached hydrogens (tertiary/aromatic N) is 2. The Morgan fingerprint density at radius 2 is 2.39 bits per heavy atom. The van der Waals surface area contributed by atoms with Gasteiger partial charge < -0.3 is 19.7 Å². The van der Waals surface area contributed by atoms with Crippen LogP contribution in [0.3, 0.4) is 0 Å². The van der Waals surface area contributed by atoms with E-state index in [-0.39, 0.29) is 23.5 Å². The number of anilines is 1. The molecule has 1 aliphatic rings. The van der Waals surface area contributed by atoms with Crippen molar-refractivity contribution in [3.05, 3.63) is 12.0 Å². The third-order valence-electron chi connectivity index (χ3n) is 3.02. The van der Waals surface area contributed by atoms with Crippen LogP contribution in [0.5, 0.6) is 0 Å². The number of rotatable bonds is 3. The number of aromatic nitrogens is 1. The lowest BCUT2D eigenvalue weighted by molar-refractivity contribution is -0.124. The highest BCUT2D eigenvalue weighted by molar-refractivity contribution is 5.85. The number of carbonyl (C=O) groups is 2. The van der Waals surface area contributed by atoms with E-state index in [4.69, 9.17) is 9.52 Å². The smallest absolute Gasteiger partial charge is 0.357 e. The van der Waals surface area contributed by atoms with Crippen molar-refractivity contribution in [2.45, 2.75) is 12.8 Å². The molecule has 2 N–H and O–H groups in total. The van der Waals surface area contributed by atoms with Gasteiger partial charge in [-0.15, -0.1) is 0 Å². The molecule has 1 amide bonds. The van der Waals surface area contributed by atoms with Crippen LogP contribution in [0.1, 0.15) is 23.3 Å². The average Bonchev–Trinajstić information content (AvgIpc) is 2.88. The number of oxazole rings is 1. The Morgan fingerprint density at radius 1 is 1.61 bits per heavy atom. The van der Waals surface area contributed by atoms with Crippen molar-refractivity contribution < 1.29 is 19.1 Å². The first-order valence-electron chi connectivity index (χ1n) is 5.77. The maximum absolute atomic E-state index is 11.6. The van der Waals surface area contributed by atoms with E-state index in [9.17, 15) is 9.59 Å². The standard InChI is InChI=1S/C11H15N3O4/c1-12-9(15)7-3-2-4-14(5-7)11-13-8(6-18-11)10(16)17/h6-7H,2-5H2,1H3,(H,12,15)(H,16,17). The number of aromatic carboxylic acids is 1. The fraction of sp³-hybridized carbons (Fsp3) is 0.545. The molecule has 0 aromatic carbocycles. The molecule has 7 nitrogen and oxygen atoms in total. The van der Waals surface area contributed by atoms with Crippen LogP contribution >= 0.6 is 0 Å². The molecular weight excluding hydrogens is 238 g/mol. The van der Waals surface area contributed by atoms with Crippen LogP contribution in [0.4, 0.5) is 6.01 Å². The molecule has 7 heteroatoms. The molecule has 0 saturated carbocycles. The largest absolute Gasteiger partial charge is 0.476 e. The van der Waals surface area contributed by atoms with E-state index in [1.54, 1.807) is 11.9 Å². The van der Waals surface area contributed by atoms with Gasteiger partial charge in [0.25, 0.3) is 6.01 Å². The molecule has 98 valence electrons. The van der Waals surface area contributed by atoms with E-state index in [2.05, 4.69) is 10.3 Å². The normalized spacial score (nSPS) is 19.6. The molecule has 0 bridgehead atoms. The third kappa shape index (κ3) is 2.44. The molecule has 1 aliphatic heterocycles. The van der Waals surface area contributed by atoms with Crippen molar-refractivity contribution >= 4 is 17.9 Å². The van der Waals surface area contributed by atoms with E-state index in [1.165, 1.54) is 0 Å². The summed E-state index contributed by atoms with van der Waals surface area (Å²) in [5, 5.41) is 11.4. The van der Waals surface area contributed by atoms with Crippen LogP contribution in [-0.2, 0) is 4.79 Å². The Balaban J connectivity index is 2.08. The van der Waals surface area contributed by atoms with Crippen molar-refractivity contribution in [2.75, 3.05) is 25.0 Å². The topological polar surface area (TPSA) is 95.7 Å². The first-order valence-corrected chi connectivity index (χ1v) is 5.77. The molecule has 0 radical (unpaired) electrons. The van der Waals surface area contributed by atoms with Gasteiger partial charge in [0.05, 0.1) is 5.92 Å². The van der Waals surface area contributed by atoms with Crippen molar-refractivity contribution in [2.24, 2.45) is 5.92 Å². The average molecular weight is 253 g/mol. The summed E-state index contributed by atoms with van der Waals surface area (Å²) in [5.41, 5.74) is -0.118. The molecule has 2 heterocycles. The Morgan fingerprint density at radius 3 is 3.00 bits per heavy atom. The molecule has 2 rings (SSSR count). The fourth-order valence-corrected chi connectivity index (χ4v) is 2.08. The number of carboxylic acids is 1. The van der Waals surface area contributed by atoms with Gasteiger partial charge in [-0.05, 0) is 12.8 Å². The van der Waals surface area contributed by atoms with Gasteiger partial charge in [-0.1, -0.05) is 0 Å². The van der Waals surface area contributed by atoms with Gasteiger partial charge >= 0.3 is 5.97 Å². The Hall–Kier alpha value is -2.05. The van der Waals surface area contributed by atoms with Crippen LogP contribution in [0.2, 0.25) is 0 Å². The zero-order valence-electron chi connectivity index (χ0n) is 10.0. The van der Waals surface area contributed by atoms with E-state index < -0.39 is 5.97 Å². The summed E-state index contributed by atoms with van der Waals surface area (Å²) >= 11 is 0. The van der Waals surface area contributed by atoms with Gasteiger partial charge in [-0.25, -0.2) is 4.79 Å². The maximum atomic E-state index is 11.6. The predicted octanol–water partition coefficient (Wildman–Crippen LogP) is 0.335. The highest BCUT2D eigenvalue weighted by Gasteiger charge is 2.27. The van der Waals surface area contributed by atoms with E-state index in [0.717, 1.165) is 19.1 Å². The molecule has 1 unspecified atom stereocenters. The van der Waals surface area contributed by atoms with Gasteiger partial charge in [0.15, 0.2) is 5.69 Å². The zero-order valence-corrected chi connectivity index (χ0v) is 10.0. The van der Waals surface area contributed by atoms with Crippen molar-refractivity contribution in [1.82, 2.24) is 10.3 Å². The van der Waals surface area contributed by atoms with Crippen molar-refractivity contribution in [1.29, 1.82) is 0 Å². The molecule has 1 aromatic heterocycles. The van der Waals surface area contributed by atoms with Crippen LogP contribution in [0, 0.1) is 5.92 Å². The lowest BCUT2D eigenvalue weighted by Crippen LogP contribution is -2.42. The number of hydrogen-bond donors (Lipinski definition) is 2. The Kier molecular flexibility index (Phi) is 3.50.